The maximum absolute atomic E-state index is 12.6. The van der Waals surface area contributed by atoms with Gasteiger partial charge in [-0.3, -0.25) is 0 Å². The van der Waals surface area contributed by atoms with Crippen molar-refractivity contribution < 1.29 is 13.2 Å². The zero-order chi connectivity index (χ0) is 11.9. The summed E-state index contributed by atoms with van der Waals surface area (Å²) in [5, 5.41) is 0. The smallest absolute Gasteiger partial charge is 0.241 e. The van der Waals surface area contributed by atoms with Crippen LogP contribution in [0.1, 0.15) is 37.9 Å². The maximum Gasteiger partial charge on any atom is 0.419 e. The van der Waals surface area contributed by atoms with Crippen LogP contribution in [0, 0.1) is 6.92 Å². The Morgan fingerprint density at radius 1 is 1.13 bits per heavy atom. The van der Waals surface area contributed by atoms with Crippen LogP contribution in [0.3, 0.4) is 0 Å². The first-order chi connectivity index (χ1) is 6.62. The van der Waals surface area contributed by atoms with Crippen LogP contribution in [0.2, 0.25) is 0 Å². The molecular weight excluding hydrogens is 205 g/mol. The Balaban J connectivity index is 3.41. The fourth-order valence-electron chi connectivity index (χ4n) is 1.25. The van der Waals surface area contributed by atoms with E-state index in [1.54, 1.807) is 27.7 Å². The lowest BCUT2D eigenvalue weighted by molar-refractivity contribution is -0.139. The predicted molar refractivity (Wildman–Crippen MR) is 50.5 cm³/mol. The first kappa shape index (κ1) is 11.9. The molecule has 0 amide bonds. The molecule has 1 rings (SSSR count). The van der Waals surface area contributed by atoms with Crippen LogP contribution < -0.4 is 0 Å². The first-order valence-corrected chi connectivity index (χ1v) is 4.53. The van der Waals surface area contributed by atoms with Crippen LogP contribution >= 0.6 is 0 Å². The molecule has 0 saturated carbocycles. The molecule has 0 spiro atoms. The number of halogens is 3. The van der Waals surface area contributed by atoms with Gasteiger partial charge in [-0.15, -0.1) is 0 Å². The van der Waals surface area contributed by atoms with E-state index in [4.69, 9.17) is 0 Å². The minimum Gasteiger partial charge on any atom is -0.241 e. The molecule has 0 aromatic carbocycles. The van der Waals surface area contributed by atoms with E-state index in [-0.39, 0.29) is 5.69 Å². The number of nitrogens with zero attached hydrogens (tertiary/aromatic N) is 2. The number of hydrogen-bond acceptors (Lipinski definition) is 2. The zero-order valence-electron chi connectivity index (χ0n) is 9.11. The number of aryl methyl sites for hydroxylation is 1. The van der Waals surface area contributed by atoms with Crippen LogP contribution in [0.4, 0.5) is 13.2 Å². The van der Waals surface area contributed by atoms with E-state index in [1.807, 2.05) is 0 Å². The summed E-state index contributed by atoms with van der Waals surface area (Å²) in [4.78, 5) is 7.47. The van der Waals surface area contributed by atoms with E-state index < -0.39 is 17.2 Å². The van der Waals surface area contributed by atoms with Gasteiger partial charge in [0.05, 0.1) is 11.3 Å². The average Bonchev–Trinajstić information content (AvgIpc) is 2.00. The molecule has 1 heterocycles. The molecule has 1 aromatic rings. The molecule has 0 N–H and O–H groups in total. The lowest BCUT2D eigenvalue weighted by atomic mass is 9.88. The molecule has 0 radical (unpaired) electrons. The number of alkyl halides is 3. The highest BCUT2D eigenvalue weighted by atomic mass is 19.4. The normalized spacial score (nSPS) is 13.0. The van der Waals surface area contributed by atoms with Crippen LogP contribution in [0.25, 0.3) is 0 Å². The molecule has 0 aliphatic carbocycles. The largest absolute Gasteiger partial charge is 0.419 e. The van der Waals surface area contributed by atoms with Gasteiger partial charge in [0.15, 0.2) is 0 Å². The molecule has 0 unspecified atom stereocenters. The van der Waals surface area contributed by atoms with Crippen molar-refractivity contribution in [3.8, 4) is 0 Å². The van der Waals surface area contributed by atoms with Gasteiger partial charge in [0.1, 0.15) is 5.82 Å². The van der Waals surface area contributed by atoms with Crippen LogP contribution in [0.5, 0.6) is 0 Å². The highest BCUT2D eigenvalue weighted by Gasteiger charge is 2.37. The van der Waals surface area contributed by atoms with Gasteiger partial charge in [0, 0.05) is 11.6 Å². The van der Waals surface area contributed by atoms with Gasteiger partial charge >= 0.3 is 6.18 Å². The fraction of sp³-hybridized carbons (Fsp3) is 0.600. The fourth-order valence-corrected chi connectivity index (χ4v) is 1.25. The van der Waals surface area contributed by atoms with Crippen LogP contribution in [-0.4, -0.2) is 9.97 Å². The summed E-state index contributed by atoms with van der Waals surface area (Å²) in [6.45, 7) is 6.67. The number of hydrogen-bond donors (Lipinski definition) is 0. The monoisotopic (exact) mass is 218 g/mol. The Bertz CT molecular complexity index is 364. The third-order valence-electron chi connectivity index (χ3n) is 1.93. The SMILES string of the molecule is Cc1ncc(C(F)(F)F)c(C(C)(C)C)n1. The molecule has 2 nitrogen and oxygen atoms in total. The van der Waals surface area contributed by atoms with Crippen molar-refractivity contribution in [1.29, 1.82) is 0 Å². The molecule has 84 valence electrons. The molecule has 0 saturated heterocycles. The molecule has 0 fully saturated rings. The summed E-state index contributed by atoms with van der Waals surface area (Å²) in [5.74, 6) is 0.355. The molecule has 0 atom stereocenters. The van der Waals surface area contributed by atoms with Crippen LogP contribution in [-0.2, 0) is 11.6 Å². The Labute approximate surface area is 86.6 Å². The Morgan fingerprint density at radius 2 is 1.67 bits per heavy atom. The molecule has 5 heteroatoms. The van der Waals surface area contributed by atoms with Gasteiger partial charge in [0.25, 0.3) is 0 Å². The Morgan fingerprint density at radius 3 is 2.07 bits per heavy atom. The summed E-state index contributed by atoms with van der Waals surface area (Å²) in [6.07, 6.45) is -3.54. The Hall–Kier alpha value is -1.13. The van der Waals surface area contributed by atoms with Gasteiger partial charge < -0.3 is 0 Å². The third-order valence-corrected chi connectivity index (χ3v) is 1.93. The second kappa shape index (κ2) is 3.47. The minimum atomic E-state index is -4.39. The molecule has 1 aromatic heterocycles. The van der Waals surface area contributed by atoms with Gasteiger partial charge in [-0.1, -0.05) is 20.8 Å². The highest BCUT2D eigenvalue weighted by molar-refractivity contribution is 5.26. The second-order valence-electron chi connectivity index (χ2n) is 4.43. The topological polar surface area (TPSA) is 25.8 Å². The van der Waals surface area contributed by atoms with Crippen molar-refractivity contribution in [2.45, 2.75) is 39.3 Å². The van der Waals surface area contributed by atoms with Crippen molar-refractivity contribution in [3.05, 3.63) is 23.3 Å². The number of aromatic nitrogens is 2. The van der Waals surface area contributed by atoms with Gasteiger partial charge in [-0.2, -0.15) is 13.2 Å². The summed E-state index contributed by atoms with van der Waals surface area (Å²) in [6, 6.07) is 0. The van der Waals surface area contributed by atoms with E-state index in [9.17, 15) is 13.2 Å². The van der Waals surface area contributed by atoms with Crippen molar-refractivity contribution in [2.24, 2.45) is 0 Å². The van der Waals surface area contributed by atoms with E-state index in [1.165, 1.54) is 0 Å². The second-order valence-corrected chi connectivity index (χ2v) is 4.43. The first-order valence-electron chi connectivity index (χ1n) is 4.53. The lowest BCUT2D eigenvalue weighted by Gasteiger charge is -2.22. The molecule has 0 aliphatic rings. The van der Waals surface area contributed by atoms with Crippen LogP contribution in [0.15, 0.2) is 6.20 Å². The minimum absolute atomic E-state index is 0.0440. The highest BCUT2D eigenvalue weighted by Crippen LogP contribution is 2.35. The van der Waals surface area contributed by atoms with Crippen molar-refractivity contribution in [3.63, 3.8) is 0 Å². The molecule has 0 aliphatic heterocycles. The third kappa shape index (κ3) is 2.67. The molecular formula is C10H13F3N2. The summed E-state index contributed by atoms with van der Waals surface area (Å²) >= 11 is 0. The van der Waals surface area contributed by atoms with Crippen molar-refractivity contribution in [1.82, 2.24) is 9.97 Å². The van der Waals surface area contributed by atoms with Gasteiger partial charge in [-0.05, 0) is 6.92 Å². The number of rotatable bonds is 0. The van der Waals surface area contributed by atoms with E-state index in [0.29, 0.717) is 5.82 Å². The van der Waals surface area contributed by atoms with Gasteiger partial charge in [-0.25, -0.2) is 9.97 Å². The average molecular weight is 218 g/mol. The maximum atomic E-state index is 12.6. The Kier molecular flexibility index (Phi) is 2.76. The van der Waals surface area contributed by atoms with Crippen molar-refractivity contribution >= 4 is 0 Å². The standard InChI is InChI=1S/C10H13F3N2/c1-6-14-5-7(10(11,12)13)8(15-6)9(2,3)4/h5H,1-4H3. The summed E-state index contributed by atoms with van der Waals surface area (Å²) < 4.78 is 37.9. The van der Waals surface area contributed by atoms with E-state index >= 15 is 0 Å². The molecule has 0 bridgehead atoms. The lowest BCUT2D eigenvalue weighted by Crippen LogP contribution is -2.22. The van der Waals surface area contributed by atoms with E-state index in [2.05, 4.69) is 9.97 Å². The van der Waals surface area contributed by atoms with E-state index in [0.717, 1.165) is 6.20 Å². The van der Waals surface area contributed by atoms with Crippen molar-refractivity contribution in [2.75, 3.05) is 0 Å². The summed E-state index contributed by atoms with van der Waals surface area (Å²) in [7, 11) is 0. The molecule has 15 heavy (non-hydrogen) atoms. The predicted octanol–water partition coefficient (Wildman–Crippen LogP) is 3.10. The van der Waals surface area contributed by atoms with Gasteiger partial charge in [0.2, 0.25) is 0 Å². The zero-order valence-corrected chi connectivity index (χ0v) is 9.11. The summed E-state index contributed by atoms with van der Waals surface area (Å²) in [5.41, 5.74) is -1.35. The quantitative estimate of drug-likeness (QED) is 0.668.